The van der Waals surface area contributed by atoms with Crippen molar-refractivity contribution in [1.29, 1.82) is 0 Å². The molecule has 1 aromatic rings. The van der Waals surface area contributed by atoms with E-state index in [0.717, 1.165) is 0 Å². The first kappa shape index (κ1) is 7.31. The van der Waals surface area contributed by atoms with E-state index in [1.807, 2.05) is 0 Å². The van der Waals surface area contributed by atoms with Gasteiger partial charge >= 0.3 is 0 Å². The van der Waals surface area contributed by atoms with Crippen LogP contribution in [0, 0.1) is 0 Å². The minimum atomic E-state index is -0.0216. The maximum atomic E-state index is 9.12. The van der Waals surface area contributed by atoms with E-state index in [-0.39, 0.29) is 17.3 Å². The summed E-state index contributed by atoms with van der Waals surface area (Å²) in [4.78, 5) is 3.80. The molecule has 0 bridgehead atoms. The Morgan fingerprint density at radius 3 is 2.90 bits per heavy atom. The lowest BCUT2D eigenvalue weighted by molar-refractivity contribution is 0.464. The number of rotatable bonds is 1. The van der Waals surface area contributed by atoms with Gasteiger partial charge in [-0.3, -0.25) is 4.98 Å². The molecule has 0 spiro atoms. The Labute approximate surface area is 63.5 Å². The van der Waals surface area contributed by atoms with Gasteiger partial charge in [0.1, 0.15) is 0 Å². The minimum absolute atomic E-state index is 0.0216. The van der Waals surface area contributed by atoms with Crippen molar-refractivity contribution < 1.29 is 5.11 Å². The zero-order chi connectivity index (χ0) is 7.56. The number of halogens is 1. The molecule has 0 saturated heterocycles. The summed E-state index contributed by atoms with van der Waals surface area (Å²) in [6.07, 6.45) is 1.50. The number of hydrogen-bond donors (Lipinski definition) is 2. The Morgan fingerprint density at radius 2 is 2.40 bits per heavy atom. The quantitative estimate of drug-likeness (QED) is 0.639. The van der Waals surface area contributed by atoms with Crippen LogP contribution in [0.4, 0.5) is 0 Å². The highest BCUT2D eigenvalue weighted by Crippen LogP contribution is 2.24. The zero-order valence-electron chi connectivity index (χ0n) is 5.21. The van der Waals surface area contributed by atoms with E-state index in [4.69, 9.17) is 22.4 Å². The van der Waals surface area contributed by atoms with E-state index in [2.05, 4.69) is 4.98 Å². The molecule has 3 nitrogen and oxygen atoms in total. The van der Waals surface area contributed by atoms with Crippen LogP contribution in [0.2, 0.25) is 5.02 Å². The van der Waals surface area contributed by atoms with Gasteiger partial charge in [-0.25, -0.2) is 0 Å². The molecule has 0 unspecified atom stereocenters. The zero-order valence-corrected chi connectivity index (χ0v) is 5.97. The lowest BCUT2D eigenvalue weighted by Gasteiger charge is -1.99. The van der Waals surface area contributed by atoms with Crippen LogP contribution in [0.25, 0.3) is 0 Å². The predicted octanol–water partition coefficient (Wildman–Crippen LogP) is 0.899. The van der Waals surface area contributed by atoms with Gasteiger partial charge in [-0.15, -0.1) is 0 Å². The highest BCUT2D eigenvalue weighted by atomic mass is 35.5. The molecule has 10 heavy (non-hydrogen) atoms. The standard InChI is InChI=1S/C6H7ClN2O/c7-4-1-2-9-5(3-8)6(4)10/h1-2,10H,3,8H2. The molecular weight excluding hydrogens is 152 g/mol. The van der Waals surface area contributed by atoms with Crippen molar-refractivity contribution in [2.45, 2.75) is 6.54 Å². The SMILES string of the molecule is NCc1nccc(Cl)c1O. The fourth-order valence-electron chi connectivity index (χ4n) is 0.620. The summed E-state index contributed by atoms with van der Waals surface area (Å²) in [7, 11) is 0. The Bertz CT molecular complexity index is 239. The minimum Gasteiger partial charge on any atom is -0.504 e. The molecule has 0 radical (unpaired) electrons. The normalized spacial score (nSPS) is 9.80. The highest BCUT2D eigenvalue weighted by molar-refractivity contribution is 6.32. The van der Waals surface area contributed by atoms with Crippen LogP contribution in [0.5, 0.6) is 5.75 Å². The summed E-state index contributed by atoms with van der Waals surface area (Å²) in [5, 5.41) is 9.41. The number of hydrogen-bond acceptors (Lipinski definition) is 3. The third-order valence-electron chi connectivity index (χ3n) is 1.14. The Balaban J connectivity index is 3.14. The molecule has 1 heterocycles. The Kier molecular flexibility index (Phi) is 2.09. The van der Waals surface area contributed by atoms with E-state index in [0.29, 0.717) is 5.69 Å². The van der Waals surface area contributed by atoms with Gasteiger partial charge in [0, 0.05) is 12.7 Å². The van der Waals surface area contributed by atoms with Crippen LogP contribution in [0.15, 0.2) is 12.3 Å². The number of aromatic nitrogens is 1. The highest BCUT2D eigenvalue weighted by Gasteiger charge is 2.02. The maximum absolute atomic E-state index is 9.12. The van der Waals surface area contributed by atoms with E-state index in [1.54, 1.807) is 0 Å². The topological polar surface area (TPSA) is 59.1 Å². The molecule has 0 saturated carbocycles. The molecule has 4 heteroatoms. The van der Waals surface area contributed by atoms with Crippen molar-refractivity contribution in [3.63, 3.8) is 0 Å². The van der Waals surface area contributed by atoms with Crippen molar-refractivity contribution >= 4 is 11.6 Å². The van der Waals surface area contributed by atoms with Crippen molar-refractivity contribution in [3.05, 3.63) is 23.0 Å². The molecule has 0 atom stereocenters. The lowest BCUT2D eigenvalue weighted by atomic mass is 10.3. The Hall–Kier alpha value is -0.800. The number of pyridine rings is 1. The van der Waals surface area contributed by atoms with Crippen molar-refractivity contribution in [2.24, 2.45) is 5.73 Å². The summed E-state index contributed by atoms with van der Waals surface area (Å²) in [6.45, 7) is 0.201. The molecule has 1 rings (SSSR count). The second-order valence-corrected chi connectivity index (χ2v) is 2.20. The maximum Gasteiger partial charge on any atom is 0.157 e. The van der Waals surface area contributed by atoms with Crippen LogP contribution in [0.3, 0.4) is 0 Å². The van der Waals surface area contributed by atoms with Gasteiger partial charge in [-0.1, -0.05) is 11.6 Å². The summed E-state index contributed by atoms with van der Waals surface area (Å²) < 4.78 is 0. The average molecular weight is 159 g/mol. The fraction of sp³-hybridized carbons (Fsp3) is 0.167. The largest absolute Gasteiger partial charge is 0.504 e. The third kappa shape index (κ3) is 1.20. The van der Waals surface area contributed by atoms with Gasteiger partial charge in [0.2, 0.25) is 0 Å². The van der Waals surface area contributed by atoms with Crippen molar-refractivity contribution in [2.75, 3.05) is 0 Å². The molecule has 0 aliphatic rings. The van der Waals surface area contributed by atoms with Crippen LogP contribution in [0.1, 0.15) is 5.69 Å². The smallest absolute Gasteiger partial charge is 0.157 e. The van der Waals surface area contributed by atoms with E-state index >= 15 is 0 Å². The molecule has 0 aliphatic carbocycles. The Morgan fingerprint density at radius 1 is 1.70 bits per heavy atom. The van der Waals surface area contributed by atoms with Crippen LogP contribution < -0.4 is 5.73 Å². The number of nitrogens with two attached hydrogens (primary N) is 1. The number of aromatic hydroxyl groups is 1. The average Bonchev–Trinajstić information content (AvgIpc) is 1.95. The van der Waals surface area contributed by atoms with Gasteiger partial charge < -0.3 is 10.8 Å². The summed E-state index contributed by atoms with van der Waals surface area (Å²) in [6, 6.07) is 1.51. The second-order valence-electron chi connectivity index (χ2n) is 1.79. The lowest BCUT2D eigenvalue weighted by Crippen LogP contribution is -1.99. The van der Waals surface area contributed by atoms with Gasteiger partial charge in [0.15, 0.2) is 5.75 Å². The van der Waals surface area contributed by atoms with Crippen molar-refractivity contribution in [3.8, 4) is 5.75 Å². The molecule has 54 valence electrons. The first-order chi connectivity index (χ1) is 4.75. The summed E-state index contributed by atoms with van der Waals surface area (Å²) in [5.41, 5.74) is 5.66. The molecule has 1 aromatic heterocycles. The van der Waals surface area contributed by atoms with Crippen LogP contribution in [-0.2, 0) is 6.54 Å². The molecular formula is C6H7ClN2O. The molecule has 0 amide bonds. The van der Waals surface area contributed by atoms with E-state index < -0.39 is 0 Å². The number of nitrogens with zero attached hydrogens (tertiary/aromatic N) is 1. The van der Waals surface area contributed by atoms with Gasteiger partial charge in [0.25, 0.3) is 0 Å². The molecule has 0 fully saturated rings. The first-order valence-electron chi connectivity index (χ1n) is 2.78. The molecule has 3 N–H and O–H groups in total. The van der Waals surface area contributed by atoms with E-state index in [9.17, 15) is 0 Å². The predicted molar refractivity (Wildman–Crippen MR) is 38.8 cm³/mol. The van der Waals surface area contributed by atoms with Gasteiger partial charge in [0.05, 0.1) is 10.7 Å². The van der Waals surface area contributed by atoms with Crippen LogP contribution in [-0.4, -0.2) is 10.1 Å². The van der Waals surface area contributed by atoms with Crippen LogP contribution >= 0.6 is 11.6 Å². The molecule has 0 aromatic carbocycles. The fourth-order valence-corrected chi connectivity index (χ4v) is 0.785. The molecule has 0 aliphatic heterocycles. The summed E-state index contributed by atoms with van der Waals surface area (Å²) >= 11 is 5.55. The summed E-state index contributed by atoms with van der Waals surface area (Å²) in [5.74, 6) is -0.0216. The third-order valence-corrected chi connectivity index (χ3v) is 1.45. The van der Waals surface area contributed by atoms with Crippen molar-refractivity contribution in [1.82, 2.24) is 4.98 Å². The monoisotopic (exact) mass is 158 g/mol. The van der Waals surface area contributed by atoms with Gasteiger partial charge in [-0.05, 0) is 6.07 Å². The van der Waals surface area contributed by atoms with Gasteiger partial charge in [-0.2, -0.15) is 0 Å². The first-order valence-corrected chi connectivity index (χ1v) is 3.16. The van der Waals surface area contributed by atoms with E-state index in [1.165, 1.54) is 12.3 Å². The second kappa shape index (κ2) is 2.86.